The van der Waals surface area contributed by atoms with E-state index in [0.29, 0.717) is 17.3 Å². The molecular weight excluding hydrogens is 204 g/mol. The van der Waals surface area contributed by atoms with Crippen molar-refractivity contribution in [2.75, 3.05) is 12.8 Å². The second-order valence-electron chi connectivity index (χ2n) is 3.62. The lowest BCUT2D eigenvalue weighted by Gasteiger charge is -2.04. The molecular formula is C12H14N2O2. The Bertz CT molecular complexity index is 498. The van der Waals surface area contributed by atoms with Gasteiger partial charge in [-0.05, 0) is 32.0 Å². The number of rotatable bonds is 2. The molecule has 2 rings (SSSR count). The van der Waals surface area contributed by atoms with E-state index in [1.807, 2.05) is 19.9 Å². The Morgan fingerprint density at radius 1 is 1.31 bits per heavy atom. The number of nitrogens with two attached hydrogens (primary N) is 1. The molecule has 0 unspecified atom stereocenters. The molecule has 4 heteroatoms. The summed E-state index contributed by atoms with van der Waals surface area (Å²) in [5.41, 5.74) is 8.15. The summed E-state index contributed by atoms with van der Waals surface area (Å²) in [6.07, 6.45) is 0. The van der Waals surface area contributed by atoms with Gasteiger partial charge in [-0.25, -0.2) is 4.98 Å². The molecule has 0 aliphatic heterocycles. The first-order chi connectivity index (χ1) is 7.61. The minimum absolute atomic E-state index is 0.577. The number of aryl methyl sites for hydroxylation is 2. The fourth-order valence-electron chi connectivity index (χ4n) is 1.46. The van der Waals surface area contributed by atoms with E-state index in [4.69, 9.17) is 14.9 Å². The smallest absolute Gasteiger partial charge is 0.226 e. The number of nitrogens with zero attached hydrogens (tertiary/aromatic N) is 1. The molecule has 2 N–H and O–H groups in total. The van der Waals surface area contributed by atoms with Crippen molar-refractivity contribution < 1.29 is 9.15 Å². The predicted octanol–water partition coefficient (Wildman–Crippen LogP) is 2.55. The van der Waals surface area contributed by atoms with Gasteiger partial charge in [-0.1, -0.05) is 0 Å². The predicted molar refractivity (Wildman–Crippen MR) is 62.4 cm³/mol. The molecule has 1 heterocycles. The van der Waals surface area contributed by atoms with Crippen LogP contribution < -0.4 is 10.5 Å². The Balaban J connectivity index is 2.45. The highest BCUT2D eigenvalue weighted by molar-refractivity contribution is 5.65. The number of hydrogen-bond acceptors (Lipinski definition) is 4. The minimum atomic E-state index is 0.577. The van der Waals surface area contributed by atoms with Gasteiger partial charge in [0.25, 0.3) is 0 Å². The largest absolute Gasteiger partial charge is 0.495 e. The average molecular weight is 218 g/mol. The van der Waals surface area contributed by atoms with Crippen molar-refractivity contribution in [3.8, 4) is 17.2 Å². The number of nitrogen functional groups attached to an aromatic ring is 1. The number of methoxy groups -OCH3 is 1. The highest BCUT2D eigenvalue weighted by Crippen LogP contribution is 2.28. The van der Waals surface area contributed by atoms with E-state index >= 15 is 0 Å². The van der Waals surface area contributed by atoms with Crippen molar-refractivity contribution in [2.45, 2.75) is 13.8 Å². The molecule has 0 amide bonds. The second-order valence-corrected chi connectivity index (χ2v) is 3.62. The summed E-state index contributed by atoms with van der Waals surface area (Å²) in [7, 11) is 1.59. The van der Waals surface area contributed by atoms with Crippen LogP contribution in [0.15, 0.2) is 22.6 Å². The van der Waals surface area contributed by atoms with Crippen LogP contribution in [0.4, 0.5) is 5.69 Å². The maximum absolute atomic E-state index is 5.82. The molecule has 0 bridgehead atoms. The monoisotopic (exact) mass is 218 g/mol. The maximum atomic E-state index is 5.82. The molecule has 0 saturated carbocycles. The maximum Gasteiger partial charge on any atom is 0.226 e. The molecule has 1 aromatic heterocycles. The number of oxazole rings is 1. The Morgan fingerprint density at radius 3 is 2.56 bits per heavy atom. The SMILES string of the molecule is COc1ccc(-c2nc(C)c(C)o2)cc1N. The van der Waals surface area contributed by atoms with Crippen molar-refractivity contribution in [3.63, 3.8) is 0 Å². The number of ether oxygens (including phenoxy) is 1. The van der Waals surface area contributed by atoms with E-state index in [0.717, 1.165) is 17.0 Å². The van der Waals surface area contributed by atoms with Crippen molar-refractivity contribution in [3.05, 3.63) is 29.7 Å². The lowest BCUT2D eigenvalue weighted by Crippen LogP contribution is -1.92. The van der Waals surface area contributed by atoms with E-state index in [-0.39, 0.29) is 0 Å². The summed E-state index contributed by atoms with van der Waals surface area (Å²) in [6.45, 7) is 3.80. The fraction of sp³-hybridized carbons (Fsp3) is 0.250. The normalized spacial score (nSPS) is 10.4. The van der Waals surface area contributed by atoms with Crippen LogP contribution in [0.25, 0.3) is 11.5 Å². The van der Waals surface area contributed by atoms with Crippen molar-refractivity contribution in [1.29, 1.82) is 0 Å². The summed E-state index contributed by atoms with van der Waals surface area (Å²) in [4.78, 5) is 4.31. The van der Waals surface area contributed by atoms with Gasteiger partial charge in [0, 0.05) is 5.56 Å². The summed E-state index contributed by atoms with van der Waals surface area (Å²) < 4.78 is 10.6. The molecule has 0 atom stereocenters. The van der Waals surface area contributed by atoms with Crippen LogP contribution in [0.5, 0.6) is 5.75 Å². The molecule has 0 saturated heterocycles. The first kappa shape index (κ1) is 10.5. The lowest BCUT2D eigenvalue weighted by atomic mass is 10.2. The Hall–Kier alpha value is -1.97. The Labute approximate surface area is 94.1 Å². The molecule has 0 fully saturated rings. The molecule has 1 aromatic carbocycles. The topological polar surface area (TPSA) is 61.3 Å². The molecule has 0 radical (unpaired) electrons. The van der Waals surface area contributed by atoms with Gasteiger partial charge in [-0.3, -0.25) is 0 Å². The van der Waals surface area contributed by atoms with E-state index in [1.54, 1.807) is 19.2 Å². The third-order valence-electron chi connectivity index (χ3n) is 2.51. The average Bonchev–Trinajstić information content (AvgIpc) is 2.59. The Morgan fingerprint density at radius 2 is 2.06 bits per heavy atom. The van der Waals surface area contributed by atoms with Gasteiger partial charge >= 0.3 is 0 Å². The van der Waals surface area contributed by atoms with Crippen LogP contribution in [0, 0.1) is 13.8 Å². The zero-order valence-corrected chi connectivity index (χ0v) is 9.57. The second kappa shape index (κ2) is 3.89. The van der Waals surface area contributed by atoms with E-state index in [1.165, 1.54) is 0 Å². The van der Waals surface area contributed by atoms with Gasteiger partial charge in [-0.2, -0.15) is 0 Å². The van der Waals surface area contributed by atoms with Crippen molar-refractivity contribution in [2.24, 2.45) is 0 Å². The lowest BCUT2D eigenvalue weighted by molar-refractivity contribution is 0.417. The molecule has 0 aliphatic carbocycles. The highest BCUT2D eigenvalue weighted by Gasteiger charge is 2.09. The van der Waals surface area contributed by atoms with Crippen molar-refractivity contribution in [1.82, 2.24) is 4.98 Å². The van der Waals surface area contributed by atoms with Crippen LogP contribution in [0.3, 0.4) is 0 Å². The summed E-state index contributed by atoms with van der Waals surface area (Å²) in [6, 6.07) is 5.48. The van der Waals surface area contributed by atoms with Gasteiger partial charge in [-0.15, -0.1) is 0 Å². The quantitative estimate of drug-likeness (QED) is 0.787. The van der Waals surface area contributed by atoms with Gasteiger partial charge in [0.05, 0.1) is 18.5 Å². The molecule has 16 heavy (non-hydrogen) atoms. The molecule has 0 aliphatic rings. The summed E-state index contributed by atoms with van der Waals surface area (Å²) in [5.74, 6) is 2.07. The first-order valence-electron chi connectivity index (χ1n) is 4.99. The minimum Gasteiger partial charge on any atom is -0.495 e. The molecule has 84 valence electrons. The van der Waals surface area contributed by atoms with Gasteiger partial charge in [0.1, 0.15) is 11.5 Å². The first-order valence-corrected chi connectivity index (χ1v) is 4.99. The number of aromatic nitrogens is 1. The highest BCUT2D eigenvalue weighted by atomic mass is 16.5. The fourth-order valence-corrected chi connectivity index (χ4v) is 1.46. The standard InChI is InChI=1S/C12H14N2O2/c1-7-8(2)16-12(14-7)9-4-5-11(15-3)10(13)6-9/h4-6H,13H2,1-3H3. The van der Waals surface area contributed by atoms with Crippen molar-refractivity contribution >= 4 is 5.69 Å². The molecule has 4 nitrogen and oxygen atoms in total. The van der Waals surface area contributed by atoms with Crippen LogP contribution >= 0.6 is 0 Å². The summed E-state index contributed by atoms with van der Waals surface area (Å²) >= 11 is 0. The van der Waals surface area contributed by atoms with Crippen LogP contribution in [0.1, 0.15) is 11.5 Å². The zero-order valence-electron chi connectivity index (χ0n) is 9.57. The van der Waals surface area contributed by atoms with Gasteiger partial charge in [0.2, 0.25) is 5.89 Å². The van der Waals surface area contributed by atoms with Crippen LogP contribution in [-0.2, 0) is 0 Å². The molecule has 0 spiro atoms. The van der Waals surface area contributed by atoms with E-state index < -0.39 is 0 Å². The van der Waals surface area contributed by atoms with Gasteiger partial charge < -0.3 is 14.9 Å². The third-order valence-corrected chi connectivity index (χ3v) is 2.51. The molecule has 2 aromatic rings. The van der Waals surface area contributed by atoms with Crippen LogP contribution in [-0.4, -0.2) is 12.1 Å². The van der Waals surface area contributed by atoms with E-state index in [2.05, 4.69) is 4.98 Å². The number of hydrogen-bond donors (Lipinski definition) is 1. The van der Waals surface area contributed by atoms with Gasteiger partial charge in [0.15, 0.2) is 0 Å². The number of benzene rings is 1. The third kappa shape index (κ3) is 1.74. The summed E-state index contributed by atoms with van der Waals surface area (Å²) in [5, 5.41) is 0. The zero-order chi connectivity index (χ0) is 11.7. The van der Waals surface area contributed by atoms with Crippen LogP contribution in [0.2, 0.25) is 0 Å². The number of anilines is 1. The Kier molecular flexibility index (Phi) is 2.56. The van der Waals surface area contributed by atoms with E-state index in [9.17, 15) is 0 Å².